The van der Waals surface area contributed by atoms with Crippen LogP contribution in [0.4, 0.5) is 4.39 Å². The predicted molar refractivity (Wildman–Crippen MR) is 93.6 cm³/mol. The van der Waals surface area contributed by atoms with E-state index in [2.05, 4.69) is 31.2 Å². The number of allylic oxidation sites excluding steroid dienone is 2. The SMILES string of the molecule is CCc1ccc(CCCCC2CCC(C=C(F)C#N)CC2)cc1. The van der Waals surface area contributed by atoms with Crippen molar-refractivity contribution in [2.75, 3.05) is 0 Å². The minimum Gasteiger partial charge on any atom is -0.195 e. The normalized spacial score (nSPS) is 21.9. The Hall–Kier alpha value is -1.62. The van der Waals surface area contributed by atoms with Gasteiger partial charge in [-0.05, 0) is 74.0 Å². The lowest BCUT2D eigenvalue weighted by atomic mass is 9.79. The third kappa shape index (κ3) is 6.18. The van der Waals surface area contributed by atoms with Gasteiger partial charge in [-0.1, -0.05) is 44.0 Å². The summed E-state index contributed by atoms with van der Waals surface area (Å²) in [5.74, 6) is 0.470. The number of nitrogens with zero attached hydrogens (tertiary/aromatic N) is 1. The molecule has 1 fully saturated rings. The summed E-state index contributed by atoms with van der Waals surface area (Å²) in [6.45, 7) is 2.19. The topological polar surface area (TPSA) is 23.8 Å². The van der Waals surface area contributed by atoms with E-state index in [-0.39, 0.29) is 5.92 Å². The molecule has 0 heterocycles. The molecule has 2 rings (SSSR count). The Labute approximate surface area is 140 Å². The van der Waals surface area contributed by atoms with Gasteiger partial charge in [0.25, 0.3) is 0 Å². The average Bonchev–Trinajstić information content (AvgIpc) is 2.60. The van der Waals surface area contributed by atoms with Crippen LogP contribution < -0.4 is 0 Å². The third-order valence-electron chi connectivity index (χ3n) is 5.14. The number of unbranched alkanes of at least 4 members (excludes halogenated alkanes) is 1. The molecule has 1 saturated carbocycles. The second-order valence-electron chi connectivity index (χ2n) is 6.82. The molecule has 2 heteroatoms. The number of nitriles is 1. The highest BCUT2D eigenvalue weighted by Gasteiger charge is 2.20. The van der Waals surface area contributed by atoms with Gasteiger partial charge >= 0.3 is 0 Å². The number of hydrogen-bond donors (Lipinski definition) is 0. The highest BCUT2D eigenvalue weighted by molar-refractivity contribution is 5.22. The lowest BCUT2D eigenvalue weighted by molar-refractivity contribution is 0.288. The summed E-state index contributed by atoms with van der Waals surface area (Å²) in [7, 11) is 0. The monoisotopic (exact) mass is 313 g/mol. The minimum absolute atomic E-state index is 0.281. The average molecular weight is 313 g/mol. The fourth-order valence-electron chi connectivity index (χ4n) is 3.59. The van der Waals surface area contributed by atoms with E-state index >= 15 is 0 Å². The van der Waals surface area contributed by atoms with Crippen molar-refractivity contribution in [3.63, 3.8) is 0 Å². The first-order valence-corrected chi connectivity index (χ1v) is 9.06. The van der Waals surface area contributed by atoms with E-state index in [1.807, 2.05) is 0 Å². The van der Waals surface area contributed by atoms with Crippen LogP contribution in [-0.4, -0.2) is 0 Å². The van der Waals surface area contributed by atoms with Crippen molar-refractivity contribution in [1.29, 1.82) is 5.26 Å². The highest BCUT2D eigenvalue weighted by atomic mass is 19.1. The third-order valence-corrected chi connectivity index (χ3v) is 5.14. The second-order valence-corrected chi connectivity index (χ2v) is 6.82. The van der Waals surface area contributed by atoms with Crippen molar-refractivity contribution < 1.29 is 4.39 Å². The summed E-state index contributed by atoms with van der Waals surface area (Å²) >= 11 is 0. The lowest BCUT2D eigenvalue weighted by Gasteiger charge is -2.26. The van der Waals surface area contributed by atoms with Gasteiger partial charge < -0.3 is 0 Å². The van der Waals surface area contributed by atoms with E-state index in [0.29, 0.717) is 0 Å². The molecule has 0 spiro atoms. The molecule has 124 valence electrons. The van der Waals surface area contributed by atoms with Crippen LogP contribution in [0.2, 0.25) is 0 Å². The summed E-state index contributed by atoms with van der Waals surface area (Å²) in [5.41, 5.74) is 2.86. The zero-order valence-electron chi connectivity index (χ0n) is 14.2. The number of benzene rings is 1. The maximum Gasteiger partial charge on any atom is 0.196 e. The second kappa shape index (κ2) is 9.50. The lowest BCUT2D eigenvalue weighted by Crippen LogP contribution is -2.13. The molecule has 1 aromatic rings. The van der Waals surface area contributed by atoms with Gasteiger partial charge in [-0.25, -0.2) is 0 Å². The van der Waals surface area contributed by atoms with Gasteiger partial charge in [0.15, 0.2) is 5.83 Å². The van der Waals surface area contributed by atoms with Crippen LogP contribution in [0.3, 0.4) is 0 Å². The molecule has 1 aromatic carbocycles. The molecule has 0 bridgehead atoms. The maximum atomic E-state index is 13.0. The first-order chi connectivity index (χ1) is 11.2. The predicted octanol–water partition coefficient (Wildman–Crippen LogP) is 6.15. The van der Waals surface area contributed by atoms with Gasteiger partial charge in [0, 0.05) is 0 Å². The molecule has 0 amide bonds. The summed E-state index contributed by atoms with van der Waals surface area (Å²) in [6, 6.07) is 10.6. The molecule has 1 aliphatic rings. The maximum absolute atomic E-state index is 13.0. The molecule has 23 heavy (non-hydrogen) atoms. The van der Waals surface area contributed by atoms with Crippen LogP contribution >= 0.6 is 0 Å². The number of hydrogen-bond acceptors (Lipinski definition) is 1. The Bertz CT molecular complexity index is 530. The Morgan fingerprint density at radius 1 is 1.13 bits per heavy atom. The smallest absolute Gasteiger partial charge is 0.195 e. The fraction of sp³-hybridized carbons (Fsp3) is 0.571. The van der Waals surface area contributed by atoms with Gasteiger partial charge in [-0.3, -0.25) is 0 Å². The molecule has 1 nitrogen and oxygen atoms in total. The highest BCUT2D eigenvalue weighted by Crippen LogP contribution is 2.33. The largest absolute Gasteiger partial charge is 0.196 e. The van der Waals surface area contributed by atoms with Crippen molar-refractivity contribution in [2.24, 2.45) is 11.8 Å². The van der Waals surface area contributed by atoms with Crippen molar-refractivity contribution in [3.05, 3.63) is 47.3 Å². The van der Waals surface area contributed by atoms with Gasteiger partial charge in [0.2, 0.25) is 0 Å². The Morgan fingerprint density at radius 2 is 1.78 bits per heavy atom. The zero-order valence-corrected chi connectivity index (χ0v) is 14.2. The first kappa shape index (κ1) is 17.7. The van der Waals surface area contributed by atoms with E-state index < -0.39 is 5.83 Å². The standard InChI is InChI=1S/C21H28FN/c1-2-17-7-9-18(10-8-17)5-3-4-6-19-11-13-20(14-12-19)15-21(22)16-23/h7-10,15,19-20H,2-6,11-14H2,1H3. The van der Waals surface area contributed by atoms with E-state index in [0.717, 1.165) is 25.2 Å². The van der Waals surface area contributed by atoms with Crippen molar-refractivity contribution >= 4 is 0 Å². The molecule has 1 aliphatic carbocycles. The van der Waals surface area contributed by atoms with Crippen molar-refractivity contribution in [1.82, 2.24) is 0 Å². The summed E-state index contributed by atoms with van der Waals surface area (Å²) in [4.78, 5) is 0. The van der Waals surface area contributed by atoms with Gasteiger partial charge in [0.1, 0.15) is 6.07 Å². The first-order valence-electron chi connectivity index (χ1n) is 9.06. The van der Waals surface area contributed by atoms with Crippen LogP contribution in [0.25, 0.3) is 0 Å². The van der Waals surface area contributed by atoms with Crippen LogP contribution in [0.5, 0.6) is 0 Å². The van der Waals surface area contributed by atoms with Gasteiger partial charge in [-0.2, -0.15) is 9.65 Å². The minimum atomic E-state index is -0.609. The molecule has 0 saturated heterocycles. The molecule has 0 aromatic heterocycles. The van der Waals surface area contributed by atoms with Crippen molar-refractivity contribution in [2.45, 2.75) is 64.7 Å². The number of rotatable bonds is 7. The molecule has 0 unspecified atom stereocenters. The van der Waals surface area contributed by atoms with E-state index in [1.165, 1.54) is 55.7 Å². The molecule has 0 atom stereocenters. The van der Waals surface area contributed by atoms with Crippen LogP contribution in [0.15, 0.2) is 36.2 Å². The summed E-state index contributed by atoms with van der Waals surface area (Å²) in [5, 5.41) is 8.49. The molecule has 0 radical (unpaired) electrons. The summed E-state index contributed by atoms with van der Waals surface area (Å²) in [6.07, 6.45) is 12.1. The zero-order chi connectivity index (χ0) is 16.5. The molecular weight excluding hydrogens is 285 g/mol. The molecule has 0 N–H and O–H groups in total. The van der Waals surface area contributed by atoms with Crippen LogP contribution in [0, 0.1) is 23.2 Å². The Kier molecular flexibility index (Phi) is 7.33. The molecular formula is C21H28FN. The quantitative estimate of drug-likeness (QED) is 0.438. The Morgan fingerprint density at radius 3 is 2.39 bits per heavy atom. The molecule has 0 aliphatic heterocycles. The van der Waals surface area contributed by atoms with E-state index in [1.54, 1.807) is 6.07 Å². The summed E-state index contributed by atoms with van der Waals surface area (Å²) < 4.78 is 13.0. The fourth-order valence-corrected chi connectivity index (χ4v) is 3.59. The van der Waals surface area contributed by atoms with Gasteiger partial charge in [-0.15, -0.1) is 0 Å². The van der Waals surface area contributed by atoms with Gasteiger partial charge in [0.05, 0.1) is 0 Å². The van der Waals surface area contributed by atoms with Crippen LogP contribution in [-0.2, 0) is 12.8 Å². The van der Waals surface area contributed by atoms with E-state index in [9.17, 15) is 4.39 Å². The number of aryl methyl sites for hydroxylation is 2. The Balaban J connectivity index is 1.61. The van der Waals surface area contributed by atoms with Crippen molar-refractivity contribution in [3.8, 4) is 6.07 Å². The van der Waals surface area contributed by atoms with Crippen LogP contribution in [0.1, 0.15) is 63.0 Å². The number of halogens is 1. The van der Waals surface area contributed by atoms with E-state index in [4.69, 9.17) is 5.26 Å².